The fraction of sp³-hybridized carbons (Fsp3) is 0.889. The number of rotatable bonds is 2. The normalized spacial score (nSPS) is 48.1. The highest BCUT2D eigenvalue weighted by Crippen LogP contribution is 2.73. The van der Waals surface area contributed by atoms with Crippen LogP contribution in [0, 0.1) is 35.5 Å². The van der Waals surface area contributed by atoms with E-state index in [1.54, 1.807) is 0 Å². The second kappa shape index (κ2) is 6.67. The largest absolute Gasteiger partial charge is 0.348 e. The Hall–Kier alpha value is 1.82. The molecule has 8 bridgehead atoms. The Morgan fingerprint density at radius 3 is 0.964 bits per heavy atom. The van der Waals surface area contributed by atoms with Crippen molar-refractivity contribution in [1.29, 1.82) is 0 Å². The predicted molar refractivity (Wildman–Crippen MR) is 129 cm³/mol. The third-order valence-corrected chi connectivity index (χ3v) is 10.5. The first-order valence-electron chi connectivity index (χ1n) is 9.61. The summed E-state index contributed by atoms with van der Waals surface area (Å²) in [6.45, 7) is 0. The van der Waals surface area contributed by atoms with Crippen molar-refractivity contribution in [2.24, 2.45) is 35.5 Å². The molecule has 2 N–H and O–H groups in total. The first-order chi connectivity index (χ1) is 12.8. The molecule has 7 rings (SSSR count). The van der Waals surface area contributed by atoms with Crippen molar-refractivity contribution in [3.63, 3.8) is 0 Å². The number of halogens is 6. The molecule has 0 unspecified atom stereocenters. The number of alkyl halides is 6. The van der Waals surface area contributed by atoms with Crippen molar-refractivity contribution in [2.45, 2.75) is 53.9 Å². The lowest BCUT2D eigenvalue weighted by Gasteiger charge is -2.74. The molecule has 0 aliphatic heterocycles. The van der Waals surface area contributed by atoms with E-state index in [9.17, 15) is 9.59 Å². The number of hydrogen-bond acceptors (Lipinski definition) is 2. The molecule has 28 heavy (non-hydrogen) atoms. The van der Waals surface area contributed by atoms with E-state index in [-0.39, 0.29) is 22.9 Å². The first kappa shape index (κ1) is 21.7. The maximum Gasteiger partial charge on any atom is 0.259 e. The summed E-state index contributed by atoms with van der Waals surface area (Å²) in [4.78, 5) is 25.3. The van der Waals surface area contributed by atoms with Gasteiger partial charge in [-0.2, -0.15) is 0 Å². The lowest BCUT2D eigenvalue weighted by molar-refractivity contribution is -0.226. The van der Waals surface area contributed by atoms with E-state index >= 15 is 0 Å². The number of nitrogens with one attached hydrogen (secondary N) is 2. The van der Waals surface area contributed by atoms with Crippen LogP contribution in [0.5, 0.6) is 0 Å². The van der Waals surface area contributed by atoms with Gasteiger partial charge in [0.2, 0.25) is 4.29 Å². The summed E-state index contributed by atoms with van der Waals surface area (Å²) in [6, 6.07) is 0. The topological polar surface area (TPSA) is 58.2 Å². The van der Waals surface area contributed by atoms with Crippen LogP contribution in [0.25, 0.3) is 0 Å². The highest BCUT2D eigenvalue weighted by atomic mass is 80.0. The Kier molecular flexibility index (Phi) is 5.16. The summed E-state index contributed by atoms with van der Waals surface area (Å²) >= 11 is 20.2. The van der Waals surface area contributed by atoms with E-state index < -0.39 is 4.29 Å². The second-order valence-corrected chi connectivity index (χ2v) is 23.2. The molecule has 0 radical (unpaired) electrons. The third kappa shape index (κ3) is 3.30. The minimum Gasteiger partial charge on any atom is -0.348 e. The molecule has 2 amide bonds. The Bertz CT molecular complexity index is 620. The smallest absolute Gasteiger partial charge is 0.259 e. The molecule has 0 aromatic rings. The van der Waals surface area contributed by atoms with Gasteiger partial charge in [-0.1, -0.05) is 0 Å². The van der Waals surface area contributed by atoms with Gasteiger partial charge in [-0.3, -0.25) is 9.59 Å². The van der Waals surface area contributed by atoms with E-state index in [0.717, 1.165) is 38.5 Å². The highest BCUT2D eigenvalue weighted by molar-refractivity contribution is 9.40. The van der Waals surface area contributed by atoms with Gasteiger partial charge in [0.25, 0.3) is 11.8 Å². The van der Waals surface area contributed by atoms with E-state index in [0.29, 0.717) is 35.5 Å². The van der Waals surface area contributed by atoms with Crippen molar-refractivity contribution >= 4 is 107 Å². The molecular weight excluding hydrogens is 756 g/mol. The first-order valence-corrected chi connectivity index (χ1v) is 14.4. The van der Waals surface area contributed by atoms with Crippen LogP contribution >= 0.6 is 95.6 Å². The molecule has 7 aliphatic rings. The van der Waals surface area contributed by atoms with Crippen LogP contribution < -0.4 is 10.6 Å². The summed E-state index contributed by atoms with van der Waals surface area (Å²) in [5.41, 5.74) is -0.114. The van der Waals surface area contributed by atoms with Crippen LogP contribution in [-0.2, 0) is 9.59 Å². The van der Waals surface area contributed by atoms with Gasteiger partial charge in [-0.25, -0.2) is 0 Å². The highest BCUT2D eigenvalue weighted by Gasteiger charge is 2.71. The van der Waals surface area contributed by atoms with Gasteiger partial charge in [0.15, 0.2) is 0 Å². The number of carbonyl (C=O) groups is 2. The molecule has 4 nitrogen and oxygen atoms in total. The van der Waals surface area contributed by atoms with Crippen LogP contribution in [-0.4, -0.2) is 27.2 Å². The fourth-order valence-corrected chi connectivity index (χ4v) is 8.45. The third-order valence-electron chi connectivity index (χ3n) is 8.33. The summed E-state index contributed by atoms with van der Waals surface area (Å²) < 4.78 is -1.79. The Labute approximate surface area is 215 Å². The van der Waals surface area contributed by atoms with Gasteiger partial charge >= 0.3 is 0 Å². The van der Waals surface area contributed by atoms with Crippen molar-refractivity contribution in [3.8, 4) is 0 Å². The van der Waals surface area contributed by atoms with Crippen LogP contribution in [0.4, 0.5) is 0 Å². The van der Waals surface area contributed by atoms with Crippen molar-refractivity contribution < 1.29 is 9.59 Å². The van der Waals surface area contributed by atoms with Gasteiger partial charge in [0.1, 0.15) is 0 Å². The zero-order valence-corrected chi connectivity index (χ0v) is 24.3. The van der Waals surface area contributed by atoms with Crippen molar-refractivity contribution in [2.75, 3.05) is 0 Å². The maximum absolute atomic E-state index is 12.6. The zero-order chi connectivity index (χ0) is 20.3. The van der Waals surface area contributed by atoms with Crippen LogP contribution in [0.3, 0.4) is 0 Å². The number of carbonyl (C=O) groups excluding carboxylic acids is 2. The second-order valence-electron chi connectivity index (χ2n) is 9.67. The SMILES string of the molecule is O=C(NC12CC3C4CC5(NC(=O)C(Br)(Br)Br)CC3C(C1)C(C5)C4C2)C(Br)(Br)Br. The molecule has 7 saturated carbocycles. The lowest BCUT2D eigenvalue weighted by Crippen LogP contribution is -2.76. The average Bonchev–Trinajstić information content (AvgIpc) is 2.56. The average molecular weight is 776 g/mol. The monoisotopic (exact) mass is 770 g/mol. The number of hydrogen-bond donors (Lipinski definition) is 2. The van der Waals surface area contributed by atoms with Gasteiger partial charge in [-0.05, 0) is 170 Å². The van der Waals surface area contributed by atoms with Gasteiger partial charge < -0.3 is 10.6 Å². The Morgan fingerprint density at radius 1 is 0.571 bits per heavy atom. The minimum atomic E-state index is -0.893. The van der Waals surface area contributed by atoms with E-state index in [2.05, 4.69) is 106 Å². The summed E-state index contributed by atoms with van der Waals surface area (Å²) in [5, 5.41) is 6.77. The maximum atomic E-state index is 12.6. The molecule has 0 atom stereocenters. The van der Waals surface area contributed by atoms with Gasteiger partial charge in [-0.15, -0.1) is 0 Å². The van der Waals surface area contributed by atoms with E-state index in [1.807, 2.05) is 0 Å². The van der Waals surface area contributed by atoms with Crippen molar-refractivity contribution in [3.05, 3.63) is 0 Å². The fourth-order valence-electron chi connectivity index (χ4n) is 7.86. The molecule has 7 aliphatic carbocycles. The molecule has 7 fully saturated rings. The Balaban J connectivity index is 1.39. The van der Waals surface area contributed by atoms with Crippen LogP contribution in [0.1, 0.15) is 38.5 Å². The van der Waals surface area contributed by atoms with Crippen molar-refractivity contribution in [1.82, 2.24) is 10.6 Å². The molecule has 0 saturated heterocycles. The van der Waals surface area contributed by atoms with Gasteiger partial charge in [0.05, 0.1) is 0 Å². The summed E-state index contributed by atoms with van der Waals surface area (Å²) in [7, 11) is 0. The molecule has 0 heterocycles. The predicted octanol–water partition coefficient (Wildman–Crippen LogP) is 5.48. The Morgan fingerprint density at radius 2 is 0.786 bits per heavy atom. The molecule has 0 aromatic heterocycles. The van der Waals surface area contributed by atoms with E-state index in [4.69, 9.17) is 0 Å². The minimum absolute atomic E-state index is 0.0434. The number of amides is 2. The molecule has 10 heteroatoms. The van der Waals surface area contributed by atoms with Gasteiger partial charge in [0, 0.05) is 11.1 Å². The summed E-state index contributed by atoms with van der Waals surface area (Å²) in [6.07, 6.45) is 6.50. The molecule has 0 aromatic carbocycles. The zero-order valence-electron chi connectivity index (χ0n) is 14.8. The summed E-state index contributed by atoms with van der Waals surface area (Å²) in [5.74, 6) is 3.98. The van der Waals surface area contributed by atoms with E-state index in [1.165, 1.54) is 0 Å². The molecule has 156 valence electrons. The molecular formula is C18H20Br6N2O2. The molecule has 0 spiro atoms. The van der Waals surface area contributed by atoms with Crippen LogP contribution in [0.2, 0.25) is 0 Å². The standard InChI is InChI=1S/C18H20Br6N2O2/c19-17(20,21)13(27)25-15-1-7-8-4-16(26-14(28)18(22,23)24)5-9(7)11(3-15)12(6-16)10(8)2-15/h7-12H,1-6H2,(H,25,27)(H,26,28). The quantitative estimate of drug-likeness (QED) is 0.366. The van der Waals surface area contributed by atoms with Crippen LogP contribution in [0.15, 0.2) is 0 Å². The lowest BCUT2D eigenvalue weighted by atomic mass is 9.33.